The van der Waals surface area contributed by atoms with Crippen LogP contribution in [0.5, 0.6) is 0 Å². The van der Waals surface area contributed by atoms with Gasteiger partial charge in [0, 0.05) is 68.3 Å². The van der Waals surface area contributed by atoms with Crippen molar-refractivity contribution >= 4 is 29.1 Å². The number of hydrogen-bond donors (Lipinski definition) is 0. The molecule has 2 aliphatic rings. The maximum atomic E-state index is 13.8. The monoisotopic (exact) mass is 516 g/mol. The molecule has 2 aromatic carbocycles. The average Bonchev–Trinajstić information content (AvgIpc) is 3.25. The second-order valence-electron chi connectivity index (χ2n) is 10.1. The van der Waals surface area contributed by atoms with E-state index in [-0.39, 0.29) is 17.9 Å². The number of fused-ring (bicyclic) bond motifs is 3. The Kier molecular flexibility index (Phi) is 7.87. The molecule has 0 spiro atoms. The van der Waals surface area contributed by atoms with Crippen molar-refractivity contribution in [3.63, 3.8) is 0 Å². The number of rotatable bonds is 4. The fourth-order valence-electron chi connectivity index (χ4n) is 5.72. The van der Waals surface area contributed by atoms with E-state index in [2.05, 4.69) is 16.0 Å². The van der Waals surface area contributed by atoms with Crippen LogP contribution in [0.1, 0.15) is 42.9 Å². The van der Waals surface area contributed by atoms with Crippen LogP contribution in [0.25, 0.3) is 0 Å². The summed E-state index contributed by atoms with van der Waals surface area (Å²) in [6.07, 6.45) is 7.00. The normalized spacial score (nSPS) is 20.3. The van der Waals surface area contributed by atoms with Crippen molar-refractivity contribution in [1.29, 1.82) is 0 Å². The molecule has 3 aromatic rings. The Morgan fingerprint density at radius 2 is 1.73 bits per heavy atom. The van der Waals surface area contributed by atoms with Crippen molar-refractivity contribution in [3.05, 3.63) is 94.8 Å². The topological polar surface area (TPSA) is 56.8 Å². The van der Waals surface area contributed by atoms with Crippen LogP contribution in [-0.4, -0.2) is 51.8 Å². The molecule has 0 aliphatic carbocycles. The van der Waals surface area contributed by atoms with Crippen LogP contribution in [0.3, 0.4) is 0 Å². The molecular weight excluding hydrogens is 484 g/mol. The average molecular weight is 517 g/mol. The summed E-state index contributed by atoms with van der Waals surface area (Å²) < 4.78 is 0. The highest BCUT2D eigenvalue weighted by molar-refractivity contribution is 6.30. The molecule has 192 valence electrons. The second-order valence-corrected chi connectivity index (χ2v) is 10.5. The molecule has 1 aromatic heterocycles. The number of amides is 2. The first-order valence-electron chi connectivity index (χ1n) is 13.0. The highest BCUT2D eigenvalue weighted by Gasteiger charge is 2.36. The van der Waals surface area contributed by atoms with E-state index in [1.54, 1.807) is 13.1 Å². The van der Waals surface area contributed by atoms with Gasteiger partial charge in [0.15, 0.2) is 0 Å². The number of halogens is 1. The van der Waals surface area contributed by atoms with Crippen LogP contribution in [-0.2, 0) is 29.1 Å². The first kappa shape index (κ1) is 25.4. The Balaban J connectivity index is 1.49. The minimum absolute atomic E-state index is 0.0269. The molecule has 7 heteroatoms. The first-order chi connectivity index (χ1) is 18.0. The van der Waals surface area contributed by atoms with Crippen molar-refractivity contribution in [2.24, 2.45) is 0 Å². The van der Waals surface area contributed by atoms with Crippen LogP contribution in [0, 0.1) is 0 Å². The van der Waals surface area contributed by atoms with E-state index in [1.165, 1.54) is 5.56 Å². The minimum Gasteiger partial charge on any atom is -0.336 e. The van der Waals surface area contributed by atoms with Gasteiger partial charge in [-0.3, -0.25) is 19.5 Å². The molecule has 2 bridgehead atoms. The summed E-state index contributed by atoms with van der Waals surface area (Å²) in [5, 5.41) is 0.660. The molecule has 1 fully saturated rings. The summed E-state index contributed by atoms with van der Waals surface area (Å²) >= 11 is 6.07. The van der Waals surface area contributed by atoms with E-state index < -0.39 is 0 Å². The molecule has 2 atom stereocenters. The smallest absolute Gasteiger partial charge is 0.227 e. The van der Waals surface area contributed by atoms with Gasteiger partial charge in [0.2, 0.25) is 11.8 Å². The van der Waals surface area contributed by atoms with Crippen molar-refractivity contribution in [1.82, 2.24) is 14.8 Å². The second kappa shape index (κ2) is 11.4. The van der Waals surface area contributed by atoms with Crippen LogP contribution >= 0.6 is 11.6 Å². The lowest BCUT2D eigenvalue weighted by Crippen LogP contribution is -2.45. The van der Waals surface area contributed by atoms with E-state index in [1.807, 2.05) is 70.6 Å². The summed E-state index contributed by atoms with van der Waals surface area (Å²) in [5.41, 5.74) is 4.01. The zero-order valence-electron chi connectivity index (χ0n) is 21.2. The Hall–Kier alpha value is -3.22. The fourth-order valence-corrected chi connectivity index (χ4v) is 5.84. The largest absolute Gasteiger partial charge is 0.336 e. The molecule has 0 N–H and O–H groups in total. The van der Waals surface area contributed by atoms with Gasteiger partial charge >= 0.3 is 0 Å². The summed E-state index contributed by atoms with van der Waals surface area (Å²) in [7, 11) is 0. The number of nitrogens with zero attached hydrogens (tertiary/aromatic N) is 4. The number of pyridine rings is 1. The van der Waals surface area contributed by atoms with Crippen molar-refractivity contribution in [2.45, 2.75) is 57.8 Å². The highest BCUT2D eigenvalue weighted by Crippen LogP contribution is 2.32. The van der Waals surface area contributed by atoms with Crippen molar-refractivity contribution in [3.8, 4) is 0 Å². The van der Waals surface area contributed by atoms with E-state index in [9.17, 15) is 9.59 Å². The molecular formula is C30H33ClN4O2. The maximum Gasteiger partial charge on any atom is 0.227 e. The molecule has 3 heterocycles. The van der Waals surface area contributed by atoms with Gasteiger partial charge in [0.05, 0.1) is 6.42 Å². The molecule has 2 aliphatic heterocycles. The van der Waals surface area contributed by atoms with Gasteiger partial charge in [-0.25, -0.2) is 0 Å². The standard InChI is InChI=1S/C30H33ClN4O2/c1-22(36)34-16-14-27-12-13-28(35(27)19-24-5-4-15-32-18-24)21-33(20-25-6-2-3-7-29(25)34)30(37)17-23-8-10-26(31)11-9-23/h2-11,15,18,27-28H,12-14,16-17,19-21H2,1H3. The molecule has 0 saturated carbocycles. The maximum absolute atomic E-state index is 13.8. The number of anilines is 1. The van der Waals surface area contributed by atoms with Gasteiger partial charge in [-0.1, -0.05) is 48.0 Å². The molecule has 6 nitrogen and oxygen atoms in total. The Bertz CT molecular complexity index is 1230. The zero-order chi connectivity index (χ0) is 25.8. The number of aromatic nitrogens is 1. The number of benzene rings is 2. The number of carbonyl (C=O) groups excluding carboxylic acids is 2. The summed E-state index contributed by atoms with van der Waals surface area (Å²) in [6.45, 7) is 4.19. The van der Waals surface area contributed by atoms with Gasteiger partial charge in [0.25, 0.3) is 0 Å². The molecule has 5 rings (SSSR count). The SMILES string of the molecule is CC(=O)N1CCC2CCC(CN(C(=O)Cc3ccc(Cl)cc3)Cc3ccccc31)N2Cc1cccnc1. The zero-order valence-corrected chi connectivity index (χ0v) is 22.0. The number of hydrogen-bond acceptors (Lipinski definition) is 4. The molecule has 1 saturated heterocycles. The third-order valence-electron chi connectivity index (χ3n) is 7.62. The van der Waals surface area contributed by atoms with Crippen LogP contribution in [0.15, 0.2) is 73.1 Å². The predicted octanol–water partition coefficient (Wildman–Crippen LogP) is 5.10. The lowest BCUT2D eigenvalue weighted by Gasteiger charge is -2.34. The number of para-hydroxylation sites is 1. The van der Waals surface area contributed by atoms with Gasteiger partial charge in [-0.15, -0.1) is 0 Å². The van der Waals surface area contributed by atoms with Crippen molar-refractivity contribution < 1.29 is 9.59 Å². The van der Waals surface area contributed by atoms with E-state index in [0.29, 0.717) is 37.1 Å². The third-order valence-corrected chi connectivity index (χ3v) is 7.87. The Labute approximate surface area is 223 Å². The summed E-state index contributed by atoms with van der Waals surface area (Å²) in [4.78, 5) is 37.3. The van der Waals surface area contributed by atoms with E-state index in [4.69, 9.17) is 11.6 Å². The highest BCUT2D eigenvalue weighted by atomic mass is 35.5. The third kappa shape index (κ3) is 6.03. The van der Waals surface area contributed by atoms with Gasteiger partial charge in [0.1, 0.15) is 0 Å². The summed E-state index contributed by atoms with van der Waals surface area (Å²) in [5.74, 6) is 0.106. The summed E-state index contributed by atoms with van der Waals surface area (Å²) in [6, 6.07) is 20.1. The quantitative estimate of drug-likeness (QED) is 0.484. The molecule has 2 amide bonds. The Morgan fingerprint density at radius 3 is 2.49 bits per heavy atom. The van der Waals surface area contributed by atoms with Gasteiger partial charge in [-0.2, -0.15) is 0 Å². The van der Waals surface area contributed by atoms with E-state index in [0.717, 1.165) is 42.6 Å². The van der Waals surface area contributed by atoms with Crippen LogP contribution in [0.2, 0.25) is 5.02 Å². The molecule has 2 unspecified atom stereocenters. The van der Waals surface area contributed by atoms with Crippen LogP contribution in [0.4, 0.5) is 5.69 Å². The van der Waals surface area contributed by atoms with Gasteiger partial charge < -0.3 is 9.80 Å². The van der Waals surface area contributed by atoms with Crippen LogP contribution < -0.4 is 4.90 Å². The minimum atomic E-state index is 0.0269. The fraction of sp³-hybridized carbons (Fsp3) is 0.367. The first-order valence-corrected chi connectivity index (χ1v) is 13.4. The lowest BCUT2D eigenvalue weighted by molar-refractivity contribution is -0.132. The van der Waals surface area contributed by atoms with Crippen molar-refractivity contribution in [2.75, 3.05) is 18.0 Å². The van der Waals surface area contributed by atoms with Gasteiger partial charge in [-0.05, 0) is 60.2 Å². The number of carbonyl (C=O) groups is 2. The molecule has 0 radical (unpaired) electrons. The Morgan fingerprint density at radius 1 is 0.946 bits per heavy atom. The van der Waals surface area contributed by atoms with E-state index >= 15 is 0 Å². The predicted molar refractivity (Wildman–Crippen MR) is 146 cm³/mol. The molecule has 37 heavy (non-hydrogen) atoms. The lowest BCUT2D eigenvalue weighted by atomic mass is 10.1.